The van der Waals surface area contributed by atoms with Crippen molar-refractivity contribution in [3.63, 3.8) is 0 Å². The number of hydrogen-bond donors (Lipinski definition) is 0. The Labute approximate surface area is 156 Å². The van der Waals surface area contributed by atoms with Crippen LogP contribution < -0.4 is 0 Å². The van der Waals surface area contributed by atoms with Gasteiger partial charge >= 0.3 is 0 Å². The quantitative estimate of drug-likeness (QED) is 0.815. The van der Waals surface area contributed by atoms with Crippen molar-refractivity contribution in [1.82, 2.24) is 9.21 Å². The molecule has 1 aromatic rings. The molecule has 1 heterocycles. The van der Waals surface area contributed by atoms with E-state index in [1.807, 2.05) is 30.9 Å². The zero-order chi connectivity index (χ0) is 18.5. The molecule has 26 heavy (non-hydrogen) atoms. The zero-order valence-electron chi connectivity index (χ0n) is 15.6. The number of piperazine rings is 1. The van der Waals surface area contributed by atoms with Crippen molar-refractivity contribution in [2.75, 3.05) is 26.2 Å². The van der Waals surface area contributed by atoms with Crippen molar-refractivity contribution in [2.45, 2.75) is 44.4 Å². The molecular formula is C20H28N2O3S. The maximum Gasteiger partial charge on any atom is 0.243 e. The molecule has 6 heteroatoms. The summed E-state index contributed by atoms with van der Waals surface area (Å²) in [4.78, 5) is 15.2. The molecule has 3 aliphatic rings. The molecule has 2 aliphatic carbocycles. The number of fused-ring (bicyclic) bond motifs is 2. The van der Waals surface area contributed by atoms with E-state index >= 15 is 0 Å². The fourth-order valence-corrected chi connectivity index (χ4v) is 6.79. The van der Waals surface area contributed by atoms with Gasteiger partial charge in [0.25, 0.3) is 0 Å². The fraction of sp³-hybridized carbons (Fsp3) is 0.650. The molecule has 5 nitrogen and oxygen atoms in total. The van der Waals surface area contributed by atoms with Crippen LogP contribution in [0.3, 0.4) is 0 Å². The third kappa shape index (κ3) is 3.07. The first-order chi connectivity index (χ1) is 12.4. The van der Waals surface area contributed by atoms with Gasteiger partial charge in [0.15, 0.2) is 0 Å². The maximum absolute atomic E-state index is 13.0. The minimum Gasteiger partial charge on any atom is -0.340 e. The predicted octanol–water partition coefficient (Wildman–Crippen LogP) is 2.57. The predicted molar refractivity (Wildman–Crippen MR) is 100 cm³/mol. The molecule has 142 valence electrons. The van der Waals surface area contributed by atoms with E-state index in [0.29, 0.717) is 37.0 Å². The molecule has 4 rings (SSSR count). The Balaban J connectivity index is 1.42. The van der Waals surface area contributed by atoms with Crippen LogP contribution in [0.2, 0.25) is 0 Å². The minimum atomic E-state index is -3.49. The first-order valence-corrected chi connectivity index (χ1v) is 11.2. The zero-order valence-corrected chi connectivity index (χ0v) is 16.5. The summed E-state index contributed by atoms with van der Waals surface area (Å²) in [5.41, 5.74) is 1.84. The van der Waals surface area contributed by atoms with Crippen molar-refractivity contribution >= 4 is 15.9 Å². The Morgan fingerprint density at radius 2 is 1.77 bits per heavy atom. The lowest BCUT2D eigenvalue weighted by molar-refractivity contribution is -0.138. The van der Waals surface area contributed by atoms with Crippen LogP contribution in [-0.4, -0.2) is 49.7 Å². The SMILES string of the molecule is Cc1ccc(S(=O)(=O)N2CCN(C(=O)C3CC4CCC3C4)CC2)c(C)c1. The first kappa shape index (κ1) is 18.0. The summed E-state index contributed by atoms with van der Waals surface area (Å²) >= 11 is 0. The van der Waals surface area contributed by atoms with Gasteiger partial charge in [-0.2, -0.15) is 4.31 Å². The summed E-state index contributed by atoms with van der Waals surface area (Å²) in [6.45, 7) is 5.61. The van der Waals surface area contributed by atoms with E-state index in [0.717, 1.165) is 23.5 Å². The van der Waals surface area contributed by atoms with Gasteiger partial charge in [0, 0.05) is 32.1 Å². The molecule has 3 fully saturated rings. The van der Waals surface area contributed by atoms with Gasteiger partial charge in [-0.3, -0.25) is 4.79 Å². The Kier molecular flexibility index (Phi) is 4.59. The second kappa shape index (κ2) is 6.64. The van der Waals surface area contributed by atoms with Gasteiger partial charge in [0.05, 0.1) is 4.90 Å². The van der Waals surface area contributed by atoms with E-state index in [2.05, 4.69) is 0 Å². The topological polar surface area (TPSA) is 57.7 Å². The van der Waals surface area contributed by atoms with Gasteiger partial charge in [0.1, 0.15) is 0 Å². The average molecular weight is 377 g/mol. The molecule has 2 saturated carbocycles. The highest BCUT2D eigenvalue weighted by atomic mass is 32.2. The summed E-state index contributed by atoms with van der Waals surface area (Å²) in [6.07, 6.45) is 4.75. The highest BCUT2D eigenvalue weighted by Crippen LogP contribution is 2.48. The van der Waals surface area contributed by atoms with Crippen molar-refractivity contribution < 1.29 is 13.2 Å². The van der Waals surface area contributed by atoms with Crippen LogP contribution in [-0.2, 0) is 14.8 Å². The molecule has 3 unspecified atom stereocenters. The van der Waals surface area contributed by atoms with Crippen molar-refractivity contribution in [3.8, 4) is 0 Å². The molecule has 0 N–H and O–H groups in total. The van der Waals surface area contributed by atoms with Crippen molar-refractivity contribution in [1.29, 1.82) is 0 Å². The van der Waals surface area contributed by atoms with Gasteiger partial charge in [-0.1, -0.05) is 24.1 Å². The van der Waals surface area contributed by atoms with Crippen LogP contribution in [0, 0.1) is 31.6 Å². The molecule has 3 atom stereocenters. The van der Waals surface area contributed by atoms with Crippen LogP contribution in [0.25, 0.3) is 0 Å². The van der Waals surface area contributed by atoms with Gasteiger partial charge < -0.3 is 4.90 Å². The third-order valence-corrected chi connectivity index (χ3v) is 8.61. The number of sulfonamides is 1. The van der Waals surface area contributed by atoms with Crippen LogP contribution in [0.1, 0.15) is 36.8 Å². The lowest BCUT2D eigenvalue weighted by Gasteiger charge is -2.36. The summed E-state index contributed by atoms with van der Waals surface area (Å²) in [5, 5.41) is 0. The van der Waals surface area contributed by atoms with Crippen LogP contribution >= 0.6 is 0 Å². The van der Waals surface area contributed by atoms with Crippen molar-refractivity contribution in [3.05, 3.63) is 29.3 Å². The van der Waals surface area contributed by atoms with Crippen LogP contribution in [0.5, 0.6) is 0 Å². The molecule has 0 radical (unpaired) electrons. The smallest absolute Gasteiger partial charge is 0.243 e. The number of aryl methyl sites for hydroxylation is 2. The average Bonchev–Trinajstić information content (AvgIpc) is 3.24. The van der Waals surface area contributed by atoms with Crippen LogP contribution in [0.4, 0.5) is 0 Å². The second-order valence-corrected chi connectivity index (χ2v) is 10.2. The Morgan fingerprint density at radius 3 is 2.35 bits per heavy atom. The minimum absolute atomic E-state index is 0.191. The number of carbonyl (C=O) groups is 1. The molecule has 0 spiro atoms. The number of amides is 1. The van der Waals surface area contributed by atoms with E-state index in [4.69, 9.17) is 0 Å². The van der Waals surface area contributed by atoms with E-state index in [-0.39, 0.29) is 11.8 Å². The van der Waals surface area contributed by atoms with E-state index in [1.54, 1.807) is 6.07 Å². The first-order valence-electron chi connectivity index (χ1n) is 9.72. The summed E-state index contributed by atoms with van der Waals surface area (Å²) in [7, 11) is -3.49. The summed E-state index contributed by atoms with van der Waals surface area (Å²) in [6, 6.07) is 5.45. The number of carbonyl (C=O) groups excluding carboxylic acids is 1. The van der Waals surface area contributed by atoms with Crippen molar-refractivity contribution in [2.24, 2.45) is 17.8 Å². The molecule has 1 aliphatic heterocycles. The second-order valence-electron chi connectivity index (χ2n) is 8.28. The normalized spacial score (nSPS) is 29.3. The lowest BCUT2D eigenvalue weighted by atomic mass is 9.87. The van der Waals surface area contributed by atoms with E-state index in [9.17, 15) is 13.2 Å². The Hall–Kier alpha value is -1.40. The summed E-state index contributed by atoms with van der Waals surface area (Å²) < 4.78 is 27.5. The molecule has 1 amide bonds. The summed E-state index contributed by atoms with van der Waals surface area (Å²) in [5.74, 6) is 1.78. The lowest BCUT2D eigenvalue weighted by Crippen LogP contribution is -2.52. The Morgan fingerprint density at radius 1 is 1.04 bits per heavy atom. The molecule has 1 saturated heterocycles. The van der Waals surface area contributed by atoms with Gasteiger partial charge in [-0.15, -0.1) is 0 Å². The molecule has 2 bridgehead atoms. The number of benzene rings is 1. The monoisotopic (exact) mass is 376 g/mol. The largest absolute Gasteiger partial charge is 0.340 e. The van der Waals surface area contributed by atoms with Gasteiger partial charge in [-0.05, 0) is 56.6 Å². The third-order valence-electron chi connectivity index (χ3n) is 6.55. The standard InChI is InChI=1S/C20H28N2O3S/c1-14-3-6-19(15(2)11-14)26(24,25)22-9-7-21(8-10-22)20(23)18-13-16-4-5-17(18)12-16/h3,6,11,16-18H,4-5,7-10,12-13H2,1-2H3. The van der Waals surface area contributed by atoms with E-state index < -0.39 is 10.0 Å². The molecule has 0 aromatic heterocycles. The van der Waals surface area contributed by atoms with Gasteiger partial charge in [0.2, 0.25) is 15.9 Å². The molecule has 1 aromatic carbocycles. The number of nitrogens with zero attached hydrogens (tertiary/aromatic N) is 2. The van der Waals surface area contributed by atoms with E-state index in [1.165, 1.54) is 23.6 Å². The Bertz CT molecular complexity index is 812. The maximum atomic E-state index is 13.0. The number of rotatable bonds is 3. The van der Waals surface area contributed by atoms with Gasteiger partial charge in [-0.25, -0.2) is 8.42 Å². The fourth-order valence-electron chi connectivity index (χ4n) is 5.16. The number of hydrogen-bond acceptors (Lipinski definition) is 3. The highest BCUT2D eigenvalue weighted by Gasteiger charge is 2.45. The highest BCUT2D eigenvalue weighted by molar-refractivity contribution is 7.89. The molecular weight excluding hydrogens is 348 g/mol. The van der Waals surface area contributed by atoms with Crippen LogP contribution in [0.15, 0.2) is 23.1 Å².